The second kappa shape index (κ2) is 11.4. The number of hydrogen-bond acceptors (Lipinski definition) is 1. The van der Waals surface area contributed by atoms with Crippen molar-refractivity contribution in [3.8, 4) is 0 Å². The van der Waals surface area contributed by atoms with E-state index < -0.39 is 13.3 Å². The van der Waals surface area contributed by atoms with Crippen molar-refractivity contribution in [3.63, 3.8) is 0 Å². The predicted molar refractivity (Wildman–Crippen MR) is 113 cm³/mol. The van der Waals surface area contributed by atoms with Gasteiger partial charge in [-0.15, -0.1) is 0 Å². The third-order valence-corrected chi connectivity index (χ3v) is 17.8. The molecule has 2 heteroatoms. The molecule has 142 valence electrons. The van der Waals surface area contributed by atoms with Crippen molar-refractivity contribution in [1.82, 2.24) is 0 Å². The van der Waals surface area contributed by atoms with E-state index in [1.54, 1.807) is 15.8 Å². The summed E-state index contributed by atoms with van der Waals surface area (Å²) < 4.78 is 6.59. The van der Waals surface area contributed by atoms with Gasteiger partial charge in [-0.05, 0) is 0 Å². The normalized spacial score (nSPS) is 20.9. The maximum absolute atomic E-state index is 6.59. The summed E-state index contributed by atoms with van der Waals surface area (Å²) in [7, 11) is 0. The van der Waals surface area contributed by atoms with E-state index in [1.165, 1.54) is 62.2 Å². The number of hydrogen-bond donors (Lipinski definition) is 0. The van der Waals surface area contributed by atoms with Gasteiger partial charge in [0.15, 0.2) is 0 Å². The molecule has 1 fully saturated rings. The van der Waals surface area contributed by atoms with E-state index >= 15 is 0 Å². The van der Waals surface area contributed by atoms with Crippen LogP contribution in [-0.4, -0.2) is 19.4 Å². The Morgan fingerprint density at radius 3 is 1.92 bits per heavy atom. The molecule has 0 bridgehead atoms. The quantitative estimate of drug-likeness (QED) is 0.323. The topological polar surface area (TPSA) is 9.23 Å². The summed E-state index contributed by atoms with van der Waals surface area (Å²) in [6, 6.07) is 10.9. The van der Waals surface area contributed by atoms with Crippen LogP contribution < -0.4 is 0 Å². The minimum atomic E-state index is -1.78. The van der Waals surface area contributed by atoms with Crippen LogP contribution in [-0.2, 0) is 4.74 Å². The minimum absolute atomic E-state index is 0.356. The molecule has 0 amide bonds. The molecule has 0 radical (unpaired) electrons. The third kappa shape index (κ3) is 6.75. The molecule has 1 aromatic rings. The SMILES string of the molecule is CCC[CH2][Ge]([CH2]CCC)([CH2]CCC)[CH2][C@@H]1CC[C@H](c2ccccc2)O1. The molecule has 2 rings (SSSR count). The monoisotopic (exact) mass is 406 g/mol. The first-order valence-corrected chi connectivity index (χ1v) is 16.9. The summed E-state index contributed by atoms with van der Waals surface area (Å²) in [5.74, 6) is 0. The van der Waals surface area contributed by atoms with E-state index in [-0.39, 0.29) is 0 Å². The summed E-state index contributed by atoms with van der Waals surface area (Å²) in [4.78, 5) is 0. The molecule has 1 aliphatic heterocycles. The average molecular weight is 405 g/mol. The second-order valence-corrected chi connectivity index (χ2v) is 18.5. The molecule has 0 saturated carbocycles. The van der Waals surface area contributed by atoms with Crippen LogP contribution in [0.25, 0.3) is 0 Å². The molecule has 0 unspecified atom stereocenters. The van der Waals surface area contributed by atoms with Crippen molar-refractivity contribution >= 4 is 13.3 Å². The Morgan fingerprint density at radius 2 is 1.40 bits per heavy atom. The van der Waals surface area contributed by atoms with Crippen molar-refractivity contribution < 1.29 is 4.74 Å². The molecular weight excluding hydrogens is 365 g/mol. The van der Waals surface area contributed by atoms with E-state index in [9.17, 15) is 0 Å². The van der Waals surface area contributed by atoms with Gasteiger partial charge in [-0.2, -0.15) is 0 Å². The van der Waals surface area contributed by atoms with E-state index in [4.69, 9.17) is 4.74 Å². The maximum atomic E-state index is 6.59. The van der Waals surface area contributed by atoms with Crippen LogP contribution in [0.2, 0.25) is 21.0 Å². The zero-order chi connectivity index (χ0) is 18.0. The fourth-order valence-corrected chi connectivity index (χ4v) is 17.0. The Labute approximate surface area is 159 Å². The van der Waals surface area contributed by atoms with Crippen molar-refractivity contribution in [2.24, 2.45) is 0 Å². The van der Waals surface area contributed by atoms with Gasteiger partial charge in [0.25, 0.3) is 0 Å². The van der Waals surface area contributed by atoms with Gasteiger partial charge in [-0.25, -0.2) is 0 Å². The standard InChI is InChI=1S/C23H40GeO/c1-4-7-17-24(18-8-5-2,19-9-6-3)20-22-15-16-23(25-22)21-13-11-10-12-14-21/h10-14,22-23H,4-9,15-20H2,1-3H3/t22-,23+/m0/s1. The van der Waals surface area contributed by atoms with Gasteiger partial charge in [0.1, 0.15) is 0 Å². The van der Waals surface area contributed by atoms with Gasteiger partial charge in [-0.3, -0.25) is 0 Å². The Bertz CT molecular complexity index is 437. The summed E-state index contributed by atoms with van der Waals surface area (Å²) in [5, 5.41) is 6.24. The fourth-order valence-electron chi connectivity index (χ4n) is 4.59. The Morgan fingerprint density at radius 1 is 0.840 bits per heavy atom. The van der Waals surface area contributed by atoms with Crippen molar-refractivity contribution in [2.75, 3.05) is 0 Å². The number of rotatable bonds is 12. The Hall–Kier alpha value is -0.277. The van der Waals surface area contributed by atoms with Crippen molar-refractivity contribution in [1.29, 1.82) is 0 Å². The van der Waals surface area contributed by atoms with Crippen LogP contribution in [0, 0.1) is 0 Å². The van der Waals surface area contributed by atoms with Crippen LogP contribution >= 0.6 is 0 Å². The molecule has 1 heterocycles. The molecule has 0 aromatic heterocycles. The van der Waals surface area contributed by atoms with Gasteiger partial charge >= 0.3 is 159 Å². The molecule has 1 aromatic carbocycles. The Kier molecular flexibility index (Phi) is 9.62. The van der Waals surface area contributed by atoms with E-state index in [2.05, 4.69) is 51.1 Å². The van der Waals surface area contributed by atoms with E-state index in [1.807, 2.05) is 0 Å². The first kappa shape index (κ1) is 21.0. The van der Waals surface area contributed by atoms with Gasteiger partial charge in [0, 0.05) is 0 Å². The summed E-state index contributed by atoms with van der Waals surface area (Å²) in [5.41, 5.74) is 1.39. The predicted octanol–water partition coefficient (Wildman–Crippen LogP) is 7.76. The number of benzene rings is 1. The van der Waals surface area contributed by atoms with Gasteiger partial charge in [-0.1, -0.05) is 0 Å². The van der Waals surface area contributed by atoms with Crippen molar-refractivity contribution in [2.45, 2.75) is 105 Å². The zero-order valence-electron chi connectivity index (χ0n) is 16.9. The molecule has 25 heavy (non-hydrogen) atoms. The molecule has 0 N–H and O–H groups in total. The van der Waals surface area contributed by atoms with Crippen LogP contribution in [0.3, 0.4) is 0 Å². The van der Waals surface area contributed by atoms with E-state index in [0.29, 0.717) is 12.2 Å². The fraction of sp³-hybridized carbons (Fsp3) is 0.739. The summed E-state index contributed by atoms with van der Waals surface area (Å²) in [6.45, 7) is 7.10. The second-order valence-electron chi connectivity index (χ2n) is 8.25. The first-order valence-electron chi connectivity index (χ1n) is 10.9. The Balaban J connectivity index is 2.01. The third-order valence-electron chi connectivity index (χ3n) is 6.12. The summed E-state index contributed by atoms with van der Waals surface area (Å²) in [6.07, 6.45) is 11.9. The van der Waals surface area contributed by atoms with Crippen LogP contribution in [0.15, 0.2) is 30.3 Å². The van der Waals surface area contributed by atoms with Gasteiger partial charge in [0.2, 0.25) is 0 Å². The molecule has 2 atom stereocenters. The molecule has 0 spiro atoms. The average Bonchev–Trinajstić information content (AvgIpc) is 3.12. The molecule has 1 aliphatic rings. The van der Waals surface area contributed by atoms with Gasteiger partial charge in [0.05, 0.1) is 0 Å². The van der Waals surface area contributed by atoms with Gasteiger partial charge < -0.3 is 0 Å². The summed E-state index contributed by atoms with van der Waals surface area (Å²) >= 11 is -1.78. The van der Waals surface area contributed by atoms with E-state index in [0.717, 1.165) is 0 Å². The number of ether oxygens (including phenoxy) is 1. The van der Waals surface area contributed by atoms with Crippen LogP contribution in [0.4, 0.5) is 0 Å². The number of unbranched alkanes of at least 4 members (excludes halogenated alkanes) is 3. The van der Waals surface area contributed by atoms with Crippen LogP contribution in [0.1, 0.15) is 83.8 Å². The molecular formula is C23H40GeO. The first-order chi connectivity index (χ1) is 12.2. The molecule has 0 aliphatic carbocycles. The molecule has 1 saturated heterocycles. The zero-order valence-corrected chi connectivity index (χ0v) is 19.0. The van der Waals surface area contributed by atoms with Crippen molar-refractivity contribution in [3.05, 3.63) is 35.9 Å². The van der Waals surface area contributed by atoms with Crippen LogP contribution in [0.5, 0.6) is 0 Å². The molecule has 1 nitrogen and oxygen atoms in total.